The van der Waals surface area contributed by atoms with Gasteiger partial charge in [-0.05, 0) is 63.1 Å². The van der Waals surface area contributed by atoms with Gasteiger partial charge in [0, 0.05) is 11.5 Å². The zero-order valence-corrected chi connectivity index (χ0v) is 16.7. The summed E-state index contributed by atoms with van der Waals surface area (Å²) in [6, 6.07) is 4.04. The van der Waals surface area contributed by atoms with E-state index in [1.165, 1.54) is 24.0 Å². The average Bonchev–Trinajstić information content (AvgIpc) is 2.59. The molecule has 0 fully saturated rings. The van der Waals surface area contributed by atoms with Gasteiger partial charge in [0.25, 0.3) is 0 Å². The number of unbranched alkanes of at least 4 members (excludes halogenated alkanes) is 2. The summed E-state index contributed by atoms with van der Waals surface area (Å²) in [6.45, 7) is 14.9. The second-order valence-corrected chi connectivity index (χ2v) is 7.61. The Hall–Kier alpha value is -1.96. The largest absolute Gasteiger partial charge is 0.507 e. The molecule has 0 radical (unpaired) electrons. The van der Waals surface area contributed by atoms with Gasteiger partial charge in [-0.3, -0.25) is 0 Å². The summed E-state index contributed by atoms with van der Waals surface area (Å²) in [4.78, 5) is 0. The average molecular weight is 355 g/mol. The number of benzene rings is 1. The monoisotopic (exact) mass is 354 g/mol. The highest BCUT2D eigenvalue weighted by atomic mass is 16.5. The first kappa shape index (κ1) is 20.4. The lowest BCUT2D eigenvalue weighted by Crippen LogP contribution is -2.18. The van der Waals surface area contributed by atoms with Crippen molar-refractivity contribution in [2.45, 2.75) is 65.2 Å². The Morgan fingerprint density at radius 1 is 1.35 bits per heavy atom. The first-order valence-corrected chi connectivity index (χ1v) is 9.90. The van der Waals surface area contributed by atoms with Crippen LogP contribution in [0.2, 0.25) is 0 Å². The van der Waals surface area contributed by atoms with Gasteiger partial charge in [0.15, 0.2) is 0 Å². The van der Waals surface area contributed by atoms with Crippen molar-refractivity contribution in [1.82, 2.24) is 0 Å². The van der Waals surface area contributed by atoms with Gasteiger partial charge in [0.1, 0.15) is 18.1 Å². The van der Waals surface area contributed by atoms with E-state index in [9.17, 15) is 5.11 Å². The first-order chi connectivity index (χ1) is 12.5. The molecule has 0 bridgehead atoms. The molecular weight excluding hydrogens is 320 g/mol. The summed E-state index contributed by atoms with van der Waals surface area (Å²) < 4.78 is 5.99. The van der Waals surface area contributed by atoms with Crippen LogP contribution in [0, 0.1) is 5.92 Å². The number of ether oxygens (including phenoxy) is 1. The lowest BCUT2D eigenvalue weighted by atomic mass is 9.73. The molecule has 1 aliphatic rings. The van der Waals surface area contributed by atoms with E-state index >= 15 is 0 Å². The van der Waals surface area contributed by atoms with Crippen molar-refractivity contribution in [3.8, 4) is 11.5 Å². The van der Waals surface area contributed by atoms with Crippen molar-refractivity contribution in [2.75, 3.05) is 6.61 Å². The molecule has 1 aromatic carbocycles. The number of hydrogen-bond donors (Lipinski definition) is 1. The molecule has 0 saturated heterocycles. The highest BCUT2D eigenvalue weighted by molar-refractivity contribution is 5.52. The van der Waals surface area contributed by atoms with Crippen LogP contribution < -0.4 is 4.74 Å². The van der Waals surface area contributed by atoms with Crippen LogP contribution in [-0.4, -0.2) is 11.7 Å². The fraction of sp³-hybridized carbons (Fsp3) is 0.500. The van der Waals surface area contributed by atoms with Crippen LogP contribution in [0.5, 0.6) is 11.5 Å². The minimum absolute atomic E-state index is 0.116. The topological polar surface area (TPSA) is 29.5 Å². The van der Waals surface area contributed by atoms with Crippen LogP contribution >= 0.6 is 0 Å². The van der Waals surface area contributed by atoms with Crippen LogP contribution in [0.15, 0.2) is 48.6 Å². The van der Waals surface area contributed by atoms with Crippen molar-refractivity contribution in [2.24, 2.45) is 5.92 Å². The quantitative estimate of drug-likeness (QED) is 0.394. The predicted octanol–water partition coefficient (Wildman–Crippen LogP) is 6.71. The SMILES string of the molecule is C=CCOc1cc(CCCCC)cc(O)c1[C@@H]1C=C(C)CC[C@H]1C(=C)C. The number of allylic oxidation sites excluding steroid dienone is 3. The van der Waals surface area contributed by atoms with Gasteiger partial charge in [-0.2, -0.15) is 0 Å². The molecule has 0 aromatic heterocycles. The molecule has 0 saturated carbocycles. The van der Waals surface area contributed by atoms with Crippen molar-refractivity contribution >= 4 is 0 Å². The molecule has 1 aromatic rings. The molecule has 0 spiro atoms. The molecule has 0 amide bonds. The van der Waals surface area contributed by atoms with Crippen LogP contribution in [0.3, 0.4) is 0 Å². The molecule has 1 aliphatic carbocycles. The molecule has 1 N–H and O–H groups in total. The van der Waals surface area contributed by atoms with E-state index < -0.39 is 0 Å². The Morgan fingerprint density at radius 2 is 2.12 bits per heavy atom. The summed E-state index contributed by atoms with van der Waals surface area (Å²) >= 11 is 0. The normalized spacial score (nSPS) is 19.7. The lowest BCUT2D eigenvalue weighted by Gasteiger charge is -2.32. The standard InChI is InChI=1S/C24H34O2/c1-6-8-9-10-19-15-22(25)24(23(16-19)26-13-7-2)21-14-18(5)11-12-20(21)17(3)4/h7,14-16,20-21,25H,2-3,6,8-13H2,1,4-5H3/t20-,21+/m0/s1. The fourth-order valence-corrected chi connectivity index (χ4v) is 3.90. The molecule has 0 unspecified atom stereocenters. The molecule has 2 heteroatoms. The van der Waals surface area contributed by atoms with E-state index in [0.29, 0.717) is 18.3 Å². The minimum Gasteiger partial charge on any atom is -0.507 e. The van der Waals surface area contributed by atoms with E-state index in [1.54, 1.807) is 6.08 Å². The van der Waals surface area contributed by atoms with Crippen LogP contribution in [0.4, 0.5) is 0 Å². The van der Waals surface area contributed by atoms with Crippen molar-refractivity contribution in [3.63, 3.8) is 0 Å². The molecule has 26 heavy (non-hydrogen) atoms. The Balaban J connectivity index is 2.45. The summed E-state index contributed by atoms with van der Waals surface area (Å²) in [5.41, 5.74) is 4.58. The Labute approximate surface area is 159 Å². The maximum absolute atomic E-state index is 10.9. The second-order valence-electron chi connectivity index (χ2n) is 7.61. The van der Waals surface area contributed by atoms with Crippen molar-refractivity contribution in [1.29, 1.82) is 0 Å². The zero-order valence-electron chi connectivity index (χ0n) is 16.7. The number of phenolic OH excluding ortho intramolecular Hbond substituents is 1. The van der Waals surface area contributed by atoms with Gasteiger partial charge in [-0.15, -0.1) is 0 Å². The van der Waals surface area contributed by atoms with Gasteiger partial charge in [-0.1, -0.05) is 56.2 Å². The van der Waals surface area contributed by atoms with Gasteiger partial charge < -0.3 is 9.84 Å². The number of aryl methyl sites for hydroxylation is 1. The predicted molar refractivity (Wildman–Crippen MR) is 111 cm³/mol. The maximum atomic E-state index is 10.9. The van der Waals surface area contributed by atoms with Crippen molar-refractivity contribution in [3.05, 3.63) is 59.7 Å². The van der Waals surface area contributed by atoms with Crippen molar-refractivity contribution < 1.29 is 9.84 Å². The minimum atomic E-state index is 0.116. The Morgan fingerprint density at radius 3 is 2.77 bits per heavy atom. The third-order valence-electron chi connectivity index (χ3n) is 5.32. The summed E-state index contributed by atoms with van der Waals surface area (Å²) in [6.07, 6.45) is 10.7. The maximum Gasteiger partial charge on any atom is 0.127 e. The zero-order chi connectivity index (χ0) is 19.1. The summed E-state index contributed by atoms with van der Waals surface area (Å²) in [5.74, 6) is 1.59. The number of hydrogen-bond acceptors (Lipinski definition) is 2. The molecule has 2 atom stereocenters. The molecular formula is C24H34O2. The number of rotatable bonds is 9. The molecule has 2 nitrogen and oxygen atoms in total. The van der Waals surface area contributed by atoms with E-state index in [4.69, 9.17) is 4.74 Å². The van der Waals surface area contributed by atoms with Crippen LogP contribution in [0.25, 0.3) is 0 Å². The first-order valence-electron chi connectivity index (χ1n) is 9.90. The van der Waals surface area contributed by atoms with Gasteiger partial charge in [-0.25, -0.2) is 0 Å². The molecule has 0 aliphatic heterocycles. The highest BCUT2D eigenvalue weighted by Crippen LogP contribution is 2.47. The second kappa shape index (κ2) is 9.66. The highest BCUT2D eigenvalue weighted by Gasteiger charge is 2.30. The fourth-order valence-electron chi connectivity index (χ4n) is 3.90. The number of aromatic hydroxyl groups is 1. The smallest absolute Gasteiger partial charge is 0.127 e. The Bertz CT molecular complexity index is 669. The van der Waals surface area contributed by atoms with Gasteiger partial charge in [0.05, 0.1) is 0 Å². The van der Waals surface area contributed by atoms with Gasteiger partial charge >= 0.3 is 0 Å². The van der Waals surface area contributed by atoms with Crippen LogP contribution in [0.1, 0.15) is 69.9 Å². The van der Waals surface area contributed by atoms with E-state index in [0.717, 1.165) is 42.6 Å². The Kier molecular flexibility index (Phi) is 7.56. The summed E-state index contributed by atoms with van der Waals surface area (Å²) in [5, 5.41) is 10.9. The molecule has 0 heterocycles. The molecule has 2 rings (SSSR count). The van der Waals surface area contributed by atoms with E-state index in [-0.39, 0.29) is 5.92 Å². The van der Waals surface area contributed by atoms with E-state index in [1.807, 2.05) is 6.07 Å². The third-order valence-corrected chi connectivity index (χ3v) is 5.32. The lowest BCUT2D eigenvalue weighted by molar-refractivity contribution is 0.344. The summed E-state index contributed by atoms with van der Waals surface area (Å²) in [7, 11) is 0. The van der Waals surface area contributed by atoms with Crippen LogP contribution in [-0.2, 0) is 6.42 Å². The molecule has 142 valence electrons. The van der Waals surface area contributed by atoms with Gasteiger partial charge in [0.2, 0.25) is 0 Å². The third kappa shape index (κ3) is 5.03. The number of phenols is 1. The van der Waals surface area contributed by atoms with E-state index in [2.05, 4.69) is 46.1 Å².